The number of hydrogen-bond donors (Lipinski definition) is 0. The summed E-state index contributed by atoms with van der Waals surface area (Å²) in [7, 11) is 1.56. The van der Waals surface area contributed by atoms with Gasteiger partial charge in [0.05, 0.1) is 37.3 Å². The Hall–Kier alpha value is -2.68. The molecule has 1 amide bonds. The van der Waals surface area contributed by atoms with Crippen molar-refractivity contribution < 1.29 is 18.7 Å². The number of ether oxygens (including phenoxy) is 2. The van der Waals surface area contributed by atoms with Gasteiger partial charge in [-0.25, -0.2) is 0 Å². The second-order valence-electron chi connectivity index (χ2n) is 7.76. The van der Waals surface area contributed by atoms with E-state index in [1.807, 2.05) is 17.5 Å². The van der Waals surface area contributed by atoms with E-state index in [-0.39, 0.29) is 17.1 Å². The van der Waals surface area contributed by atoms with Crippen LogP contribution in [0.3, 0.4) is 0 Å². The lowest BCUT2D eigenvalue weighted by molar-refractivity contribution is 0.0354. The first kappa shape index (κ1) is 20.2. The minimum absolute atomic E-state index is 0.149. The number of hydrogen-bond acceptors (Lipinski definition) is 7. The number of rotatable bonds is 6. The lowest BCUT2D eigenvalue weighted by atomic mass is 10.0. The number of methoxy groups -OCH3 is 1. The first-order valence-corrected chi connectivity index (χ1v) is 11.3. The van der Waals surface area contributed by atoms with E-state index in [2.05, 4.69) is 4.90 Å². The first-order valence-electron chi connectivity index (χ1n) is 10.5. The fourth-order valence-electron chi connectivity index (χ4n) is 4.39. The van der Waals surface area contributed by atoms with E-state index < -0.39 is 6.04 Å². The summed E-state index contributed by atoms with van der Waals surface area (Å²) in [6.45, 7) is 4.77. The number of benzene rings is 1. The highest BCUT2D eigenvalue weighted by atomic mass is 32.1. The molecule has 8 heteroatoms. The van der Waals surface area contributed by atoms with Gasteiger partial charge in [0.1, 0.15) is 11.3 Å². The third-order valence-electron chi connectivity index (χ3n) is 5.96. The number of carbonyl (C=O) groups excluding carboxylic acids is 1. The summed E-state index contributed by atoms with van der Waals surface area (Å²) in [5.74, 6) is 0.506. The number of thiophene rings is 1. The molecule has 2 aliphatic heterocycles. The molecule has 0 unspecified atom stereocenters. The van der Waals surface area contributed by atoms with Crippen molar-refractivity contribution in [3.8, 4) is 5.75 Å². The standard InChI is InChI=1S/C23H24N2O5S/c1-28-15-5-6-16-17(14-15)30-22-19(21(16)26)20(18-4-2-13-31-18)25(23(22)27)8-3-7-24-9-11-29-12-10-24/h2,4-6,13-14,20H,3,7-12H2,1H3/t20-/m1/s1. The summed E-state index contributed by atoms with van der Waals surface area (Å²) in [4.78, 5) is 31.9. The van der Waals surface area contributed by atoms with E-state index >= 15 is 0 Å². The number of fused-ring (bicyclic) bond motifs is 2. The van der Waals surface area contributed by atoms with E-state index in [4.69, 9.17) is 13.9 Å². The quantitative estimate of drug-likeness (QED) is 0.587. The van der Waals surface area contributed by atoms with Crippen molar-refractivity contribution in [1.29, 1.82) is 0 Å². The molecule has 0 radical (unpaired) electrons. The Balaban J connectivity index is 1.50. The minimum Gasteiger partial charge on any atom is -0.497 e. The molecule has 2 aromatic heterocycles. The third kappa shape index (κ3) is 3.64. The largest absolute Gasteiger partial charge is 0.497 e. The highest BCUT2D eigenvalue weighted by molar-refractivity contribution is 7.10. The molecule has 1 aromatic carbocycles. The van der Waals surface area contributed by atoms with Crippen molar-refractivity contribution in [2.75, 3.05) is 46.5 Å². The smallest absolute Gasteiger partial charge is 0.290 e. The van der Waals surface area contributed by atoms with Gasteiger partial charge in [-0.05, 0) is 30.0 Å². The molecule has 1 atom stereocenters. The Bertz CT molecular complexity index is 1150. The molecule has 0 saturated carbocycles. The summed E-state index contributed by atoms with van der Waals surface area (Å²) >= 11 is 1.55. The van der Waals surface area contributed by atoms with Crippen LogP contribution in [0.25, 0.3) is 11.0 Å². The normalized spacial score (nSPS) is 19.2. The maximum Gasteiger partial charge on any atom is 0.290 e. The molecule has 5 rings (SSSR count). The van der Waals surface area contributed by atoms with Crippen molar-refractivity contribution >= 4 is 28.2 Å². The Morgan fingerprint density at radius 1 is 1.16 bits per heavy atom. The summed E-state index contributed by atoms with van der Waals surface area (Å²) in [6.07, 6.45) is 0.823. The molecule has 162 valence electrons. The lowest BCUT2D eigenvalue weighted by Gasteiger charge is -2.28. The molecular formula is C23H24N2O5S. The molecule has 1 fully saturated rings. The van der Waals surface area contributed by atoms with Gasteiger partial charge in [-0.2, -0.15) is 0 Å². The molecule has 3 aromatic rings. The van der Waals surface area contributed by atoms with Gasteiger partial charge in [-0.3, -0.25) is 14.5 Å². The topological polar surface area (TPSA) is 72.2 Å². The van der Waals surface area contributed by atoms with Gasteiger partial charge in [0.15, 0.2) is 5.43 Å². The average molecular weight is 441 g/mol. The molecule has 2 aliphatic rings. The van der Waals surface area contributed by atoms with Crippen LogP contribution in [-0.4, -0.2) is 62.2 Å². The number of carbonyl (C=O) groups is 1. The maximum atomic E-state index is 13.4. The van der Waals surface area contributed by atoms with Crippen LogP contribution in [0.2, 0.25) is 0 Å². The van der Waals surface area contributed by atoms with Crippen molar-refractivity contribution in [3.05, 3.63) is 62.1 Å². The molecule has 1 saturated heterocycles. The number of nitrogens with zero attached hydrogens (tertiary/aromatic N) is 2. The third-order valence-corrected chi connectivity index (χ3v) is 6.89. The molecule has 0 bridgehead atoms. The zero-order chi connectivity index (χ0) is 21.4. The van der Waals surface area contributed by atoms with Crippen LogP contribution in [0.15, 0.2) is 44.9 Å². The van der Waals surface area contributed by atoms with E-state index in [9.17, 15) is 9.59 Å². The second-order valence-corrected chi connectivity index (χ2v) is 8.74. The summed E-state index contributed by atoms with van der Waals surface area (Å²) in [5.41, 5.74) is 0.661. The first-order chi connectivity index (χ1) is 15.2. The second kappa shape index (κ2) is 8.45. The highest BCUT2D eigenvalue weighted by Crippen LogP contribution is 2.40. The molecule has 4 heterocycles. The molecule has 0 N–H and O–H groups in total. The number of amides is 1. The van der Waals surface area contributed by atoms with Crippen molar-refractivity contribution in [2.24, 2.45) is 0 Å². The fraction of sp³-hybridized carbons (Fsp3) is 0.391. The van der Waals surface area contributed by atoms with Gasteiger partial charge in [0.25, 0.3) is 5.91 Å². The highest BCUT2D eigenvalue weighted by Gasteiger charge is 2.43. The molecule has 7 nitrogen and oxygen atoms in total. The minimum atomic E-state index is -0.407. The number of morpholine rings is 1. The monoisotopic (exact) mass is 440 g/mol. The summed E-state index contributed by atoms with van der Waals surface area (Å²) in [5, 5.41) is 2.43. The fourth-order valence-corrected chi connectivity index (χ4v) is 5.23. The lowest BCUT2D eigenvalue weighted by Crippen LogP contribution is -2.38. The SMILES string of the molecule is COc1ccc2c(=O)c3c(oc2c1)C(=O)N(CCCN1CCOCC1)[C@@H]3c1cccs1. The van der Waals surface area contributed by atoms with Crippen LogP contribution in [-0.2, 0) is 4.74 Å². The van der Waals surface area contributed by atoms with Gasteiger partial charge >= 0.3 is 0 Å². The predicted molar refractivity (Wildman–Crippen MR) is 118 cm³/mol. The van der Waals surface area contributed by atoms with Crippen LogP contribution in [0.1, 0.15) is 33.5 Å². The summed E-state index contributed by atoms with van der Waals surface area (Å²) in [6, 6.07) is 8.62. The molecule has 0 spiro atoms. The Morgan fingerprint density at radius 2 is 2.00 bits per heavy atom. The van der Waals surface area contributed by atoms with Crippen molar-refractivity contribution in [2.45, 2.75) is 12.5 Å². The predicted octanol–water partition coefficient (Wildman–Crippen LogP) is 3.13. The van der Waals surface area contributed by atoms with Crippen LogP contribution >= 0.6 is 11.3 Å². The van der Waals surface area contributed by atoms with Crippen LogP contribution in [0.5, 0.6) is 5.75 Å². The maximum absolute atomic E-state index is 13.4. The van der Waals surface area contributed by atoms with Crippen molar-refractivity contribution in [1.82, 2.24) is 9.80 Å². The zero-order valence-electron chi connectivity index (χ0n) is 17.3. The van der Waals surface area contributed by atoms with E-state index in [1.54, 1.807) is 41.5 Å². The average Bonchev–Trinajstić information content (AvgIpc) is 3.42. The molecular weight excluding hydrogens is 416 g/mol. The van der Waals surface area contributed by atoms with Gasteiger partial charge in [-0.1, -0.05) is 6.07 Å². The van der Waals surface area contributed by atoms with Crippen LogP contribution in [0, 0.1) is 0 Å². The zero-order valence-corrected chi connectivity index (χ0v) is 18.2. The summed E-state index contributed by atoms with van der Waals surface area (Å²) < 4.78 is 16.7. The van der Waals surface area contributed by atoms with Gasteiger partial charge in [0.2, 0.25) is 5.76 Å². The Morgan fingerprint density at radius 3 is 2.74 bits per heavy atom. The van der Waals surface area contributed by atoms with E-state index in [1.165, 1.54) is 0 Å². The van der Waals surface area contributed by atoms with Crippen LogP contribution in [0.4, 0.5) is 0 Å². The van der Waals surface area contributed by atoms with Crippen LogP contribution < -0.4 is 10.2 Å². The Kier molecular flexibility index (Phi) is 5.52. The van der Waals surface area contributed by atoms with Gasteiger partial charge in [0, 0.05) is 37.1 Å². The van der Waals surface area contributed by atoms with Gasteiger partial charge < -0.3 is 18.8 Å². The van der Waals surface area contributed by atoms with Crippen molar-refractivity contribution in [3.63, 3.8) is 0 Å². The molecule has 31 heavy (non-hydrogen) atoms. The van der Waals surface area contributed by atoms with Gasteiger partial charge in [-0.15, -0.1) is 11.3 Å². The molecule has 0 aliphatic carbocycles. The van der Waals surface area contributed by atoms with E-state index in [0.717, 1.165) is 44.1 Å². The Labute approximate surface area is 183 Å². The van der Waals surface area contributed by atoms with E-state index in [0.29, 0.717) is 28.8 Å².